The molecule has 3 N–H and O–H groups in total. The van der Waals surface area contributed by atoms with Gasteiger partial charge in [-0.25, -0.2) is 8.99 Å². The zero-order chi connectivity index (χ0) is 12.2. The van der Waals surface area contributed by atoms with Crippen molar-refractivity contribution in [1.82, 2.24) is 0 Å². The second kappa shape index (κ2) is 5.46. The second-order valence-corrected chi connectivity index (χ2v) is 6.64. The predicted molar refractivity (Wildman–Crippen MR) is 68.0 cm³/mol. The highest BCUT2D eigenvalue weighted by Gasteiger charge is 2.08. The monoisotopic (exact) mass is 240 g/mol. The fraction of sp³-hybridized carbons (Fsp3) is 0.500. The summed E-state index contributed by atoms with van der Waals surface area (Å²) in [6.45, 7) is 4.61. The average Bonchev–Trinajstić information content (AvgIpc) is 2.17. The molecule has 0 saturated heterocycles. The summed E-state index contributed by atoms with van der Waals surface area (Å²) < 4.78 is 19.6. The van der Waals surface area contributed by atoms with Gasteiger partial charge < -0.3 is 5.73 Å². The van der Waals surface area contributed by atoms with Crippen molar-refractivity contribution < 1.29 is 4.21 Å². The van der Waals surface area contributed by atoms with Crippen molar-refractivity contribution in [2.75, 3.05) is 12.3 Å². The van der Waals surface area contributed by atoms with E-state index in [1.165, 1.54) is 5.56 Å². The van der Waals surface area contributed by atoms with Gasteiger partial charge in [0.05, 0.1) is 9.73 Å². The Balaban J connectivity index is 2.87. The van der Waals surface area contributed by atoms with E-state index in [1.807, 2.05) is 12.1 Å². The number of nitrogens with one attached hydrogen (secondary N) is 1. The first-order chi connectivity index (χ1) is 7.45. The first-order valence-corrected chi connectivity index (χ1v) is 7.24. The van der Waals surface area contributed by atoms with Crippen LogP contribution in [0.5, 0.6) is 0 Å². The zero-order valence-corrected chi connectivity index (χ0v) is 10.7. The molecule has 0 aromatic heterocycles. The van der Waals surface area contributed by atoms with Gasteiger partial charge in [0, 0.05) is 17.2 Å². The van der Waals surface area contributed by atoms with Crippen LogP contribution in [0.1, 0.15) is 19.4 Å². The van der Waals surface area contributed by atoms with Crippen molar-refractivity contribution in [3.05, 3.63) is 29.8 Å². The maximum atomic E-state index is 11.9. The van der Waals surface area contributed by atoms with Gasteiger partial charge in [-0.3, -0.25) is 0 Å². The maximum Gasteiger partial charge on any atom is 0.0738 e. The van der Waals surface area contributed by atoms with Gasteiger partial charge in [-0.1, -0.05) is 26.0 Å². The van der Waals surface area contributed by atoms with Gasteiger partial charge in [0.2, 0.25) is 0 Å². The predicted octanol–water partition coefficient (Wildman–Crippen LogP) is 2.25. The number of rotatable bonds is 5. The molecule has 0 aliphatic heterocycles. The molecule has 0 spiro atoms. The lowest BCUT2D eigenvalue weighted by atomic mass is 10.0. The van der Waals surface area contributed by atoms with Crippen LogP contribution in [0.25, 0.3) is 0 Å². The molecule has 90 valence electrons. The minimum Gasteiger partial charge on any atom is -0.330 e. The highest BCUT2D eigenvalue weighted by Crippen LogP contribution is 2.15. The average molecular weight is 240 g/mol. The van der Waals surface area contributed by atoms with E-state index < -0.39 is 9.73 Å². The molecule has 1 aromatic rings. The summed E-state index contributed by atoms with van der Waals surface area (Å²) in [5.41, 5.74) is 6.57. The van der Waals surface area contributed by atoms with Crippen LogP contribution in [0.3, 0.4) is 0 Å². The molecule has 0 aliphatic carbocycles. The first-order valence-electron chi connectivity index (χ1n) is 5.51. The van der Waals surface area contributed by atoms with Gasteiger partial charge in [0.1, 0.15) is 0 Å². The van der Waals surface area contributed by atoms with Gasteiger partial charge in [-0.05, 0) is 30.0 Å². The molecule has 0 bridgehead atoms. The molecule has 1 unspecified atom stereocenters. The minimum atomic E-state index is -2.68. The standard InChI is InChI=1S/C12H20N2OS/c1-10(2)9-11-3-5-12(6-4-11)16(14,15)8-7-13/h3-6,10,14H,7-9,13H2,1-2H3. The third kappa shape index (κ3) is 3.61. The van der Waals surface area contributed by atoms with E-state index in [1.54, 1.807) is 12.1 Å². The Morgan fingerprint density at radius 2 is 1.88 bits per heavy atom. The summed E-state index contributed by atoms with van der Waals surface area (Å²) in [5.74, 6) is 0.839. The Morgan fingerprint density at radius 1 is 1.31 bits per heavy atom. The smallest absolute Gasteiger partial charge is 0.0738 e. The number of benzene rings is 1. The summed E-state index contributed by atoms with van der Waals surface area (Å²) in [7, 11) is -2.68. The van der Waals surface area contributed by atoms with Crippen molar-refractivity contribution in [3.63, 3.8) is 0 Å². The zero-order valence-electron chi connectivity index (χ0n) is 9.90. The lowest BCUT2D eigenvalue weighted by Crippen LogP contribution is -2.14. The second-order valence-electron chi connectivity index (χ2n) is 4.41. The van der Waals surface area contributed by atoms with Gasteiger partial charge in [-0.2, -0.15) is 0 Å². The fourth-order valence-corrected chi connectivity index (χ4v) is 2.74. The third-order valence-corrected chi connectivity index (χ3v) is 4.20. The molecule has 3 nitrogen and oxygen atoms in total. The van der Waals surface area contributed by atoms with Crippen molar-refractivity contribution in [1.29, 1.82) is 4.78 Å². The summed E-state index contributed by atoms with van der Waals surface area (Å²) in [5, 5.41) is 0. The molecule has 0 aliphatic rings. The Morgan fingerprint density at radius 3 is 2.31 bits per heavy atom. The van der Waals surface area contributed by atoms with Crippen LogP contribution in [0.2, 0.25) is 0 Å². The van der Waals surface area contributed by atoms with Crippen molar-refractivity contribution in [2.45, 2.75) is 25.2 Å². The maximum absolute atomic E-state index is 11.9. The minimum absolute atomic E-state index is 0.233. The lowest BCUT2D eigenvalue weighted by Gasteiger charge is -2.08. The van der Waals surface area contributed by atoms with Crippen molar-refractivity contribution >= 4 is 9.73 Å². The van der Waals surface area contributed by atoms with E-state index in [2.05, 4.69) is 13.8 Å². The summed E-state index contributed by atoms with van der Waals surface area (Å²) in [6.07, 6.45) is 1.01. The Labute approximate surface area is 98.0 Å². The van der Waals surface area contributed by atoms with Gasteiger partial charge in [-0.15, -0.1) is 0 Å². The fourth-order valence-electron chi connectivity index (χ4n) is 1.60. The summed E-state index contributed by atoms with van der Waals surface area (Å²) in [6, 6.07) is 7.51. The summed E-state index contributed by atoms with van der Waals surface area (Å²) >= 11 is 0. The molecule has 1 aromatic carbocycles. The Kier molecular flexibility index (Phi) is 4.50. The largest absolute Gasteiger partial charge is 0.330 e. The number of nitrogens with two attached hydrogens (primary N) is 1. The highest BCUT2D eigenvalue weighted by molar-refractivity contribution is 7.92. The van der Waals surface area contributed by atoms with Crippen LogP contribution in [0.4, 0.5) is 0 Å². The molecule has 0 radical (unpaired) electrons. The molecule has 1 atom stereocenters. The topological polar surface area (TPSA) is 66.9 Å². The molecule has 0 saturated carbocycles. The molecular formula is C12H20N2OS. The Bertz CT molecular complexity index is 421. The van der Waals surface area contributed by atoms with E-state index >= 15 is 0 Å². The quantitative estimate of drug-likeness (QED) is 0.829. The third-order valence-electron chi connectivity index (χ3n) is 2.35. The number of hydrogen-bond acceptors (Lipinski definition) is 3. The number of hydrogen-bond donors (Lipinski definition) is 2. The Hall–Kier alpha value is -0.870. The van der Waals surface area contributed by atoms with Crippen LogP contribution in [0.15, 0.2) is 29.2 Å². The van der Waals surface area contributed by atoms with E-state index in [0.717, 1.165) is 6.42 Å². The van der Waals surface area contributed by atoms with E-state index in [-0.39, 0.29) is 12.3 Å². The molecule has 0 amide bonds. The van der Waals surface area contributed by atoms with E-state index in [9.17, 15) is 4.21 Å². The van der Waals surface area contributed by atoms with Crippen LogP contribution >= 0.6 is 0 Å². The van der Waals surface area contributed by atoms with E-state index in [0.29, 0.717) is 10.8 Å². The molecule has 0 heterocycles. The van der Waals surface area contributed by atoms with Crippen LogP contribution in [-0.2, 0) is 16.1 Å². The van der Waals surface area contributed by atoms with Gasteiger partial charge in [0.15, 0.2) is 0 Å². The lowest BCUT2D eigenvalue weighted by molar-refractivity contribution is 0.647. The van der Waals surface area contributed by atoms with Crippen LogP contribution in [0, 0.1) is 10.7 Å². The molecule has 4 heteroatoms. The molecule has 16 heavy (non-hydrogen) atoms. The normalized spacial score (nSPS) is 15.0. The SMILES string of the molecule is CC(C)Cc1ccc(S(=N)(=O)CCN)cc1. The summed E-state index contributed by atoms with van der Waals surface area (Å²) in [4.78, 5) is 0.588. The van der Waals surface area contributed by atoms with Crippen LogP contribution < -0.4 is 5.73 Å². The van der Waals surface area contributed by atoms with Gasteiger partial charge in [0.25, 0.3) is 0 Å². The highest BCUT2D eigenvalue weighted by atomic mass is 32.2. The first kappa shape index (κ1) is 13.2. The molecule has 1 rings (SSSR count). The molecule has 0 fully saturated rings. The van der Waals surface area contributed by atoms with Crippen molar-refractivity contribution in [3.8, 4) is 0 Å². The van der Waals surface area contributed by atoms with Crippen molar-refractivity contribution in [2.24, 2.45) is 11.7 Å². The van der Waals surface area contributed by atoms with Crippen LogP contribution in [-0.4, -0.2) is 16.5 Å². The van der Waals surface area contributed by atoms with E-state index in [4.69, 9.17) is 10.5 Å². The molecular weight excluding hydrogens is 220 g/mol. The van der Waals surface area contributed by atoms with Gasteiger partial charge >= 0.3 is 0 Å².